The summed E-state index contributed by atoms with van der Waals surface area (Å²) in [5.74, 6) is 0.589. The van der Waals surface area contributed by atoms with Gasteiger partial charge in [-0.25, -0.2) is 13.1 Å². The quantitative estimate of drug-likeness (QED) is 0.744. The molecule has 1 aliphatic carbocycles. The molecule has 28 heavy (non-hydrogen) atoms. The van der Waals surface area contributed by atoms with Gasteiger partial charge in [0.25, 0.3) is 5.91 Å². The van der Waals surface area contributed by atoms with E-state index in [2.05, 4.69) is 14.8 Å². The normalized spacial score (nSPS) is 25.2. The molecule has 3 heterocycles. The molecular weight excluding hydrogens is 384 g/mol. The van der Waals surface area contributed by atoms with E-state index in [0.29, 0.717) is 44.3 Å². The average molecular weight is 413 g/mol. The topological polar surface area (TPSA) is 105 Å². The molecular formula is C18H28N4O5S. The Hall–Kier alpha value is -1.49. The van der Waals surface area contributed by atoms with Gasteiger partial charge in [-0.3, -0.25) is 9.69 Å². The number of nitrogens with zero attached hydrogens (tertiary/aromatic N) is 3. The maximum absolute atomic E-state index is 13.1. The number of carbonyl (C=O) groups is 1. The van der Waals surface area contributed by atoms with Crippen molar-refractivity contribution in [3.63, 3.8) is 0 Å². The van der Waals surface area contributed by atoms with Gasteiger partial charge < -0.3 is 14.2 Å². The Morgan fingerprint density at radius 2 is 1.93 bits per heavy atom. The highest BCUT2D eigenvalue weighted by molar-refractivity contribution is 7.88. The SMILES string of the molecule is Cc1onc(C(=O)N2CCC3(CC2)CC3NS(C)(=O)=O)c1CN1CCOCC1. The van der Waals surface area contributed by atoms with Crippen LogP contribution < -0.4 is 4.72 Å². The zero-order valence-electron chi connectivity index (χ0n) is 16.4. The summed E-state index contributed by atoms with van der Waals surface area (Å²) in [6.45, 7) is 6.77. The molecule has 1 N–H and O–H groups in total. The molecule has 3 aliphatic rings. The van der Waals surface area contributed by atoms with Gasteiger partial charge >= 0.3 is 0 Å². The number of piperidine rings is 1. The van der Waals surface area contributed by atoms with E-state index in [1.807, 2.05) is 11.8 Å². The summed E-state index contributed by atoms with van der Waals surface area (Å²) >= 11 is 0. The summed E-state index contributed by atoms with van der Waals surface area (Å²) in [4.78, 5) is 17.1. The fraction of sp³-hybridized carbons (Fsp3) is 0.778. The lowest BCUT2D eigenvalue weighted by molar-refractivity contribution is 0.0337. The van der Waals surface area contributed by atoms with E-state index in [-0.39, 0.29) is 17.4 Å². The first-order valence-electron chi connectivity index (χ1n) is 9.79. The average Bonchev–Trinajstić information content (AvgIpc) is 3.15. The summed E-state index contributed by atoms with van der Waals surface area (Å²) in [5.41, 5.74) is 1.27. The third-order valence-electron chi connectivity index (χ3n) is 6.27. The molecule has 1 unspecified atom stereocenters. The Bertz CT molecular complexity index is 838. The molecule has 9 nitrogen and oxygen atoms in total. The molecule has 1 atom stereocenters. The van der Waals surface area contributed by atoms with Crippen molar-refractivity contribution in [2.75, 3.05) is 45.6 Å². The van der Waals surface area contributed by atoms with Crippen LogP contribution in [0.25, 0.3) is 0 Å². The highest BCUT2D eigenvalue weighted by Crippen LogP contribution is 2.54. The van der Waals surface area contributed by atoms with Crippen LogP contribution in [0.1, 0.15) is 41.1 Å². The molecule has 4 rings (SSSR count). The summed E-state index contributed by atoms with van der Waals surface area (Å²) in [6, 6.07) is 0.00549. The molecule has 1 saturated carbocycles. The Kier molecular flexibility index (Phi) is 5.24. The van der Waals surface area contributed by atoms with E-state index in [1.54, 1.807) is 0 Å². The Labute approximate surface area is 165 Å². The van der Waals surface area contributed by atoms with E-state index in [0.717, 1.165) is 37.9 Å². The van der Waals surface area contributed by atoms with Crippen LogP contribution >= 0.6 is 0 Å². The minimum atomic E-state index is -3.19. The lowest BCUT2D eigenvalue weighted by Crippen LogP contribution is -2.42. The van der Waals surface area contributed by atoms with Crippen LogP contribution in [-0.2, 0) is 21.3 Å². The van der Waals surface area contributed by atoms with Gasteiger partial charge in [0.1, 0.15) is 5.76 Å². The largest absolute Gasteiger partial charge is 0.379 e. The number of carbonyl (C=O) groups excluding carboxylic acids is 1. The van der Waals surface area contributed by atoms with Crippen molar-refractivity contribution in [2.24, 2.45) is 5.41 Å². The zero-order chi connectivity index (χ0) is 19.9. The fourth-order valence-electron chi connectivity index (χ4n) is 4.36. The first-order chi connectivity index (χ1) is 13.3. The molecule has 2 saturated heterocycles. The van der Waals surface area contributed by atoms with Crippen molar-refractivity contribution in [3.05, 3.63) is 17.0 Å². The molecule has 1 aromatic rings. The van der Waals surface area contributed by atoms with Gasteiger partial charge in [0.05, 0.1) is 19.5 Å². The van der Waals surface area contributed by atoms with Gasteiger partial charge in [-0.05, 0) is 31.6 Å². The molecule has 1 spiro atoms. The lowest BCUT2D eigenvalue weighted by Gasteiger charge is -2.33. The molecule has 2 aliphatic heterocycles. The number of likely N-dealkylation sites (tertiary alicyclic amines) is 1. The van der Waals surface area contributed by atoms with E-state index in [9.17, 15) is 13.2 Å². The van der Waals surface area contributed by atoms with Gasteiger partial charge in [0.15, 0.2) is 5.69 Å². The van der Waals surface area contributed by atoms with E-state index < -0.39 is 10.0 Å². The van der Waals surface area contributed by atoms with Crippen LogP contribution in [0.4, 0.5) is 0 Å². The second-order valence-corrected chi connectivity index (χ2v) is 10.0. The Balaban J connectivity index is 1.38. The third-order valence-corrected chi connectivity index (χ3v) is 6.98. The van der Waals surface area contributed by atoms with Crippen molar-refractivity contribution in [2.45, 2.75) is 38.8 Å². The van der Waals surface area contributed by atoms with Crippen LogP contribution in [0.5, 0.6) is 0 Å². The molecule has 3 fully saturated rings. The molecule has 1 amide bonds. The summed E-state index contributed by atoms with van der Waals surface area (Å²) in [5, 5.41) is 4.06. The highest BCUT2D eigenvalue weighted by atomic mass is 32.2. The molecule has 10 heteroatoms. The van der Waals surface area contributed by atoms with E-state index >= 15 is 0 Å². The smallest absolute Gasteiger partial charge is 0.276 e. The second kappa shape index (κ2) is 7.40. The lowest BCUT2D eigenvalue weighted by atomic mass is 9.92. The Morgan fingerprint density at radius 3 is 2.57 bits per heavy atom. The Morgan fingerprint density at radius 1 is 1.25 bits per heavy atom. The second-order valence-electron chi connectivity index (χ2n) is 8.26. The number of nitrogens with one attached hydrogen (secondary N) is 1. The van der Waals surface area contributed by atoms with Crippen molar-refractivity contribution in [1.29, 1.82) is 0 Å². The first-order valence-corrected chi connectivity index (χ1v) is 11.7. The molecule has 0 bridgehead atoms. The predicted octanol–water partition coefficient (Wildman–Crippen LogP) is 0.359. The van der Waals surface area contributed by atoms with Gasteiger partial charge in [0, 0.05) is 44.3 Å². The summed E-state index contributed by atoms with van der Waals surface area (Å²) in [7, 11) is -3.19. The molecule has 0 aromatic carbocycles. The number of rotatable bonds is 5. The number of hydrogen-bond acceptors (Lipinski definition) is 7. The number of aryl methyl sites for hydroxylation is 1. The van der Waals surface area contributed by atoms with Crippen molar-refractivity contribution in [1.82, 2.24) is 19.7 Å². The van der Waals surface area contributed by atoms with Crippen molar-refractivity contribution in [3.8, 4) is 0 Å². The number of morpholine rings is 1. The van der Waals surface area contributed by atoms with Crippen LogP contribution in [-0.4, -0.2) is 81.0 Å². The van der Waals surface area contributed by atoms with Gasteiger partial charge in [-0.15, -0.1) is 0 Å². The molecule has 0 radical (unpaired) electrons. The number of sulfonamides is 1. The van der Waals surface area contributed by atoms with Crippen LogP contribution in [0.2, 0.25) is 0 Å². The van der Waals surface area contributed by atoms with Gasteiger partial charge in [-0.2, -0.15) is 0 Å². The monoisotopic (exact) mass is 412 g/mol. The highest BCUT2D eigenvalue weighted by Gasteiger charge is 2.56. The van der Waals surface area contributed by atoms with Crippen molar-refractivity contribution < 1.29 is 22.5 Å². The van der Waals surface area contributed by atoms with Gasteiger partial charge in [-0.1, -0.05) is 5.16 Å². The third kappa shape index (κ3) is 4.10. The van der Waals surface area contributed by atoms with Crippen LogP contribution in [0.15, 0.2) is 4.52 Å². The van der Waals surface area contributed by atoms with E-state index in [1.165, 1.54) is 6.26 Å². The standard InChI is InChI=1S/C18H28N4O5S/c1-13-14(12-21-7-9-26-10-8-21)16(19-27-13)17(23)22-5-3-18(4-6-22)11-15(18)20-28(2,24)25/h15,20H,3-12H2,1-2H3. The summed E-state index contributed by atoms with van der Waals surface area (Å²) in [6.07, 6.45) is 3.66. The first kappa shape index (κ1) is 19.8. The number of amides is 1. The van der Waals surface area contributed by atoms with E-state index in [4.69, 9.17) is 9.26 Å². The maximum atomic E-state index is 13.1. The number of aromatic nitrogens is 1. The van der Waals surface area contributed by atoms with Gasteiger partial charge in [0.2, 0.25) is 10.0 Å². The maximum Gasteiger partial charge on any atom is 0.276 e. The van der Waals surface area contributed by atoms with Crippen LogP contribution in [0, 0.1) is 12.3 Å². The number of hydrogen-bond donors (Lipinski definition) is 1. The molecule has 1 aromatic heterocycles. The fourth-order valence-corrected chi connectivity index (χ4v) is 5.21. The predicted molar refractivity (Wildman–Crippen MR) is 101 cm³/mol. The summed E-state index contributed by atoms with van der Waals surface area (Å²) < 4.78 is 36.4. The van der Waals surface area contributed by atoms with Crippen molar-refractivity contribution >= 4 is 15.9 Å². The van der Waals surface area contributed by atoms with Crippen LogP contribution in [0.3, 0.4) is 0 Å². The molecule has 156 valence electrons. The minimum absolute atomic E-state index is 0.00549. The zero-order valence-corrected chi connectivity index (χ0v) is 17.3. The minimum Gasteiger partial charge on any atom is -0.379 e. The number of ether oxygens (including phenoxy) is 1.